The molecule has 1 amide bonds. The fourth-order valence-electron chi connectivity index (χ4n) is 4.19. The molecule has 1 aliphatic carbocycles. The number of aryl methyl sites for hydroxylation is 1. The Labute approximate surface area is 152 Å². The summed E-state index contributed by atoms with van der Waals surface area (Å²) >= 11 is 1.73. The van der Waals surface area contributed by atoms with Gasteiger partial charge in [-0.05, 0) is 37.3 Å². The number of piperidine rings is 1. The minimum Gasteiger partial charge on any atom is -0.342 e. The molecule has 0 aromatic carbocycles. The number of hydrogen-bond donors (Lipinski definition) is 0. The van der Waals surface area contributed by atoms with E-state index in [0.717, 1.165) is 38.0 Å². The summed E-state index contributed by atoms with van der Waals surface area (Å²) in [7, 11) is 4.09. The molecule has 2 aromatic heterocycles. The lowest BCUT2D eigenvalue weighted by Crippen LogP contribution is -2.41. The van der Waals surface area contributed by atoms with Crippen molar-refractivity contribution in [1.82, 2.24) is 24.6 Å². The largest absolute Gasteiger partial charge is 0.342 e. The van der Waals surface area contributed by atoms with Crippen molar-refractivity contribution < 1.29 is 4.79 Å². The minimum absolute atomic E-state index is 0.233. The van der Waals surface area contributed by atoms with E-state index in [1.807, 2.05) is 29.7 Å². The molecule has 0 radical (unpaired) electrons. The second-order valence-corrected chi connectivity index (χ2v) is 8.48. The first-order valence-electron chi connectivity index (χ1n) is 8.90. The standard InChI is InChI=1S/C18H25N5OS/c1-21(13-16-19-5-8-25-16)15-10-18(15)3-6-23(7-4-18)17(24)9-14-11-20-22(2)12-14/h5,8,11-12,15H,3-4,6-7,9-10,13H2,1-2H3. The molecule has 6 nitrogen and oxygen atoms in total. The number of hydrogen-bond acceptors (Lipinski definition) is 5. The number of amides is 1. The van der Waals surface area contributed by atoms with Crippen molar-refractivity contribution in [1.29, 1.82) is 0 Å². The predicted molar refractivity (Wildman–Crippen MR) is 97.1 cm³/mol. The van der Waals surface area contributed by atoms with Crippen molar-refractivity contribution in [3.8, 4) is 0 Å². The lowest BCUT2D eigenvalue weighted by atomic mass is 9.92. The SMILES string of the molecule is CN(Cc1nccs1)C1CC12CCN(C(=O)Cc1cnn(C)c1)CC2. The van der Waals surface area contributed by atoms with E-state index in [9.17, 15) is 4.79 Å². The Hall–Kier alpha value is -1.73. The highest BCUT2D eigenvalue weighted by Crippen LogP contribution is 2.56. The number of rotatable bonds is 5. The van der Waals surface area contributed by atoms with E-state index in [-0.39, 0.29) is 5.91 Å². The first kappa shape index (κ1) is 16.7. The van der Waals surface area contributed by atoms with E-state index < -0.39 is 0 Å². The zero-order valence-corrected chi connectivity index (χ0v) is 15.7. The van der Waals surface area contributed by atoms with Crippen molar-refractivity contribution in [2.75, 3.05) is 20.1 Å². The van der Waals surface area contributed by atoms with Crippen LogP contribution in [0.1, 0.15) is 29.8 Å². The van der Waals surface area contributed by atoms with Gasteiger partial charge in [0.15, 0.2) is 0 Å². The van der Waals surface area contributed by atoms with Gasteiger partial charge in [-0.25, -0.2) is 4.98 Å². The molecule has 7 heteroatoms. The number of carbonyl (C=O) groups excluding carboxylic acids is 1. The van der Waals surface area contributed by atoms with Gasteiger partial charge in [-0.3, -0.25) is 14.4 Å². The highest BCUT2D eigenvalue weighted by Gasteiger charge is 2.56. The van der Waals surface area contributed by atoms with Crippen LogP contribution in [0.25, 0.3) is 0 Å². The molecule has 1 saturated carbocycles. The lowest BCUT2D eigenvalue weighted by Gasteiger charge is -2.34. The summed E-state index contributed by atoms with van der Waals surface area (Å²) in [5.41, 5.74) is 1.43. The summed E-state index contributed by atoms with van der Waals surface area (Å²) in [6.07, 6.45) is 9.57. The Bertz CT molecular complexity index is 732. The smallest absolute Gasteiger partial charge is 0.227 e. The first-order valence-corrected chi connectivity index (χ1v) is 9.78. The van der Waals surface area contributed by atoms with Gasteiger partial charge in [0.25, 0.3) is 0 Å². The van der Waals surface area contributed by atoms with E-state index in [4.69, 9.17) is 0 Å². The lowest BCUT2D eigenvalue weighted by molar-refractivity contribution is -0.132. The Morgan fingerprint density at radius 1 is 1.44 bits per heavy atom. The molecule has 0 N–H and O–H groups in total. The Balaban J connectivity index is 1.28. The maximum atomic E-state index is 12.5. The van der Waals surface area contributed by atoms with E-state index in [1.165, 1.54) is 11.4 Å². The second-order valence-electron chi connectivity index (χ2n) is 7.50. The Morgan fingerprint density at radius 3 is 2.88 bits per heavy atom. The van der Waals surface area contributed by atoms with Crippen LogP contribution in [0.2, 0.25) is 0 Å². The van der Waals surface area contributed by atoms with Crippen molar-refractivity contribution in [2.45, 2.75) is 38.3 Å². The molecule has 1 saturated heterocycles. The van der Waals surface area contributed by atoms with Crippen LogP contribution in [0.3, 0.4) is 0 Å². The molecule has 2 aromatic rings. The highest BCUT2D eigenvalue weighted by molar-refractivity contribution is 7.09. The molecule has 4 rings (SSSR count). The van der Waals surface area contributed by atoms with Gasteiger partial charge in [0.1, 0.15) is 5.01 Å². The second kappa shape index (κ2) is 6.53. The van der Waals surface area contributed by atoms with Crippen LogP contribution < -0.4 is 0 Å². The van der Waals surface area contributed by atoms with E-state index in [0.29, 0.717) is 17.9 Å². The quantitative estimate of drug-likeness (QED) is 0.819. The van der Waals surface area contributed by atoms with Crippen LogP contribution in [0.15, 0.2) is 24.0 Å². The van der Waals surface area contributed by atoms with Crippen LogP contribution in [-0.4, -0.2) is 56.7 Å². The molecule has 3 heterocycles. The summed E-state index contributed by atoms with van der Waals surface area (Å²) < 4.78 is 1.75. The van der Waals surface area contributed by atoms with Crippen molar-refractivity contribution >= 4 is 17.2 Å². The van der Waals surface area contributed by atoms with Crippen molar-refractivity contribution in [3.05, 3.63) is 34.5 Å². The molecule has 2 aliphatic rings. The van der Waals surface area contributed by atoms with Crippen molar-refractivity contribution in [2.24, 2.45) is 12.5 Å². The van der Waals surface area contributed by atoms with Crippen LogP contribution in [0, 0.1) is 5.41 Å². The van der Waals surface area contributed by atoms with Gasteiger partial charge < -0.3 is 4.90 Å². The Kier molecular flexibility index (Phi) is 4.37. The number of nitrogens with zero attached hydrogens (tertiary/aromatic N) is 5. The predicted octanol–water partition coefficient (Wildman–Crippen LogP) is 1.93. The molecule has 0 bridgehead atoms. The van der Waals surface area contributed by atoms with Crippen LogP contribution in [0.5, 0.6) is 0 Å². The molecule has 1 spiro atoms. The monoisotopic (exact) mass is 359 g/mol. The molecular formula is C18H25N5OS. The van der Waals surface area contributed by atoms with Gasteiger partial charge in [0, 0.05) is 44.0 Å². The number of aromatic nitrogens is 3. The number of likely N-dealkylation sites (tertiary alicyclic amines) is 1. The fraction of sp³-hybridized carbons (Fsp3) is 0.611. The van der Waals surface area contributed by atoms with E-state index >= 15 is 0 Å². The maximum absolute atomic E-state index is 12.5. The third-order valence-electron chi connectivity index (χ3n) is 5.77. The van der Waals surface area contributed by atoms with Crippen LogP contribution in [-0.2, 0) is 24.8 Å². The van der Waals surface area contributed by atoms with E-state index in [1.54, 1.807) is 22.2 Å². The minimum atomic E-state index is 0.233. The van der Waals surface area contributed by atoms with Crippen molar-refractivity contribution in [3.63, 3.8) is 0 Å². The van der Waals surface area contributed by atoms with E-state index in [2.05, 4.69) is 22.0 Å². The fourth-order valence-corrected chi connectivity index (χ4v) is 4.87. The average molecular weight is 359 g/mol. The molecule has 1 unspecified atom stereocenters. The summed E-state index contributed by atoms with van der Waals surface area (Å²) in [6, 6.07) is 0.645. The first-order chi connectivity index (χ1) is 12.1. The molecule has 25 heavy (non-hydrogen) atoms. The molecule has 134 valence electrons. The Morgan fingerprint density at radius 2 is 2.24 bits per heavy atom. The molecular weight excluding hydrogens is 334 g/mol. The third-order valence-corrected chi connectivity index (χ3v) is 6.54. The van der Waals surface area contributed by atoms with Gasteiger partial charge in [-0.2, -0.15) is 5.10 Å². The summed E-state index contributed by atoms with van der Waals surface area (Å²) in [5.74, 6) is 0.233. The zero-order valence-electron chi connectivity index (χ0n) is 14.9. The summed E-state index contributed by atoms with van der Waals surface area (Å²) in [4.78, 5) is 21.4. The third kappa shape index (κ3) is 3.48. The number of thiazole rings is 1. The summed E-state index contributed by atoms with van der Waals surface area (Å²) in [5, 5.41) is 7.37. The van der Waals surface area contributed by atoms with Crippen LogP contribution in [0.4, 0.5) is 0 Å². The molecule has 1 atom stereocenters. The zero-order chi connectivity index (χ0) is 17.4. The number of carbonyl (C=O) groups is 1. The molecule has 1 aliphatic heterocycles. The normalized spacial score (nSPS) is 21.9. The van der Waals surface area contributed by atoms with Gasteiger partial charge >= 0.3 is 0 Å². The molecule has 2 fully saturated rings. The van der Waals surface area contributed by atoms with Crippen LogP contribution >= 0.6 is 11.3 Å². The summed E-state index contributed by atoms with van der Waals surface area (Å²) in [6.45, 7) is 2.72. The maximum Gasteiger partial charge on any atom is 0.227 e. The van der Waals surface area contributed by atoms with Gasteiger partial charge in [-0.1, -0.05) is 0 Å². The average Bonchev–Trinajstić information content (AvgIpc) is 2.92. The van der Waals surface area contributed by atoms with Gasteiger partial charge in [0.05, 0.1) is 19.2 Å². The van der Waals surface area contributed by atoms with Gasteiger partial charge in [0.2, 0.25) is 5.91 Å². The highest BCUT2D eigenvalue weighted by atomic mass is 32.1. The van der Waals surface area contributed by atoms with Gasteiger partial charge in [-0.15, -0.1) is 11.3 Å². The topological polar surface area (TPSA) is 54.3 Å².